The molecule has 0 unspecified atom stereocenters. The molecule has 0 fully saturated rings. The number of imidazole rings is 1. The van der Waals surface area contributed by atoms with Crippen molar-refractivity contribution >= 4 is 40.3 Å². The Labute approximate surface area is 244 Å². The number of aromatic nitrogens is 3. The van der Waals surface area contributed by atoms with Crippen LogP contribution >= 0.6 is 0 Å². The maximum absolute atomic E-state index is 13.7. The van der Waals surface area contributed by atoms with Gasteiger partial charge in [-0.3, -0.25) is 14.6 Å². The summed E-state index contributed by atoms with van der Waals surface area (Å²) >= 11 is 0. The second kappa shape index (κ2) is 11.3. The molecule has 42 heavy (non-hydrogen) atoms. The number of rotatable bonds is 4. The van der Waals surface area contributed by atoms with Gasteiger partial charge >= 0.3 is 6.09 Å². The molecule has 1 N–H and O–H groups in total. The molecule has 10 nitrogen and oxygen atoms in total. The summed E-state index contributed by atoms with van der Waals surface area (Å²) in [7, 11) is 1.46. The van der Waals surface area contributed by atoms with Gasteiger partial charge in [0.05, 0.1) is 35.3 Å². The number of nitrogens with zero attached hydrogens (tertiary/aromatic N) is 4. The Kier molecular flexibility index (Phi) is 7.73. The van der Waals surface area contributed by atoms with Crippen LogP contribution in [-0.2, 0) is 11.2 Å². The van der Waals surface area contributed by atoms with E-state index < -0.39 is 17.6 Å². The van der Waals surface area contributed by atoms with Crippen LogP contribution in [0.3, 0.4) is 0 Å². The van der Waals surface area contributed by atoms with Gasteiger partial charge in [0, 0.05) is 17.8 Å². The lowest BCUT2D eigenvalue weighted by Gasteiger charge is -2.23. The van der Waals surface area contributed by atoms with Gasteiger partial charge in [0.2, 0.25) is 0 Å². The van der Waals surface area contributed by atoms with Crippen LogP contribution in [0, 0.1) is 13.8 Å². The van der Waals surface area contributed by atoms with Gasteiger partial charge in [-0.2, -0.15) is 0 Å². The lowest BCUT2D eigenvalue weighted by atomic mass is 10.1. The Morgan fingerprint density at radius 3 is 2.50 bits per heavy atom. The normalized spacial score (nSPS) is 13.3. The number of methoxy groups -OCH3 is 1. The second-order valence-electron chi connectivity index (χ2n) is 11.3. The molecular weight excluding hydrogens is 534 g/mol. The molecule has 2 amide bonds. The molecule has 0 saturated carbocycles. The molecule has 0 bridgehead atoms. The Morgan fingerprint density at radius 1 is 0.976 bits per heavy atom. The van der Waals surface area contributed by atoms with E-state index in [-0.39, 0.29) is 17.2 Å². The predicted molar refractivity (Wildman–Crippen MR) is 161 cm³/mol. The first kappa shape index (κ1) is 28.8. The third-order valence-electron chi connectivity index (χ3n) is 7.04. The predicted octanol–water partition coefficient (Wildman–Crippen LogP) is 6.08. The van der Waals surface area contributed by atoms with E-state index in [1.54, 1.807) is 69.0 Å². The number of pyridine rings is 1. The van der Waals surface area contributed by atoms with Crippen LogP contribution in [-0.4, -0.2) is 51.7 Å². The summed E-state index contributed by atoms with van der Waals surface area (Å²) in [6, 6.07) is 13.9. The molecule has 5 rings (SSSR count). The number of hydrogen-bond donors (Lipinski definition) is 1. The number of benzene rings is 2. The Morgan fingerprint density at radius 2 is 1.76 bits per heavy atom. The summed E-state index contributed by atoms with van der Waals surface area (Å²) in [4.78, 5) is 50.9. The molecule has 0 radical (unpaired) electrons. The number of para-hydroxylation sites is 1. The summed E-state index contributed by atoms with van der Waals surface area (Å²) < 4.78 is 12.5. The molecule has 4 aromatic rings. The summed E-state index contributed by atoms with van der Waals surface area (Å²) in [6.45, 7) is 9.61. The first-order valence-electron chi connectivity index (χ1n) is 14.0. The lowest BCUT2D eigenvalue weighted by molar-refractivity contribution is 0.0540. The van der Waals surface area contributed by atoms with Crippen molar-refractivity contribution in [3.05, 3.63) is 76.9 Å². The van der Waals surface area contributed by atoms with E-state index in [0.29, 0.717) is 34.7 Å². The molecule has 1 aliphatic heterocycles. The molecule has 2 aromatic carbocycles. The minimum atomic E-state index is -0.678. The van der Waals surface area contributed by atoms with Gasteiger partial charge < -0.3 is 19.7 Å². The van der Waals surface area contributed by atoms with Crippen LogP contribution in [0.4, 0.5) is 16.2 Å². The molecule has 0 spiro atoms. The summed E-state index contributed by atoms with van der Waals surface area (Å²) in [5, 5.41) is 2.89. The highest BCUT2D eigenvalue weighted by Gasteiger charge is 2.26. The van der Waals surface area contributed by atoms with Gasteiger partial charge in [-0.15, -0.1) is 0 Å². The summed E-state index contributed by atoms with van der Waals surface area (Å²) in [5.74, 6) is 0.0736. The largest absolute Gasteiger partial charge is 0.496 e. The van der Waals surface area contributed by atoms with Crippen molar-refractivity contribution in [1.82, 2.24) is 14.5 Å². The monoisotopic (exact) mass is 569 g/mol. The molecule has 10 heteroatoms. The first-order chi connectivity index (χ1) is 20.0. The zero-order chi connectivity index (χ0) is 30.2. The van der Waals surface area contributed by atoms with E-state index in [2.05, 4.69) is 15.3 Å². The third kappa shape index (κ3) is 5.70. The Bertz CT molecular complexity index is 1700. The Balaban J connectivity index is 1.42. The quantitative estimate of drug-likeness (QED) is 0.317. The van der Waals surface area contributed by atoms with Crippen LogP contribution in [0.15, 0.2) is 48.5 Å². The zero-order valence-corrected chi connectivity index (χ0v) is 24.8. The Hall–Kier alpha value is -4.73. The highest BCUT2D eigenvalue weighted by Crippen LogP contribution is 2.30. The fourth-order valence-electron chi connectivity index (χ4n) is 5.14. The van der Waals surface area contributed by atoms with Gasteiger partial charge in [0.15, 0.2) is 0 Å². The fraction of sp³-hybridized carbons (Fsp3) is 0.344. The van der Waals surface area contributed by atoms with E-state index >= 15 is 0 Å². The zero-order valence-electron chi connectivity index (χ0n) is 24.8. The summed E-state index contributed by atoms with van der Waals surface area (Å²) in [6.07, 6.45) is 2.10. The molecule has 0 atom stereocenters. The van der Waals surface area contributed by atoms with E-state index in [4.69, 9.17) is 9.47 Å². The van der Waals surface area contributed by atoms with Crippen LogP contribution in [0.2, 0.25) is 0 Å². The van der Waals surface area contributed by atoms with Crippen LogP contribution in [0.25, 0.3) is 11.0 Å². The number of fused-ring (bicyclic) bond motifs is 2. The number of amides is 2. The molecule has 0 saturated heterocycles. The van der Waals surface area contributed by atoms with Crippen LogP contribution < -0.4 is 15.0 Å². The number of ether oxygens (including phenoxy) is 2. The average Bonchev–Trinajstić information content (AvgIpc) is 3.14. The van der Waals surface area contributed by atoms with Gasteiger partial charge in [0.25, 0.3) is 11.8 Å². The van der Waals surface area contributed by atoms with Crippen molar-refractivity contribution in [3.63, 3.8) is 0 Å². The molecule has 1 aliphatic rings. The van der Waals surface area contributed by atoms with Crippen molar-refractivity contribution in [2.24, 2.45) is 0 Å². The smallest absolute Gasteiger partial charge is 0.420 e. The van der Waals surface area contributed by atoms with E-state index in [0.717, 1.165) is 36.3 Å². The van der Waals surface area contributed by atoms with E-state index in [1.165, 1.54) is 11.7 Å². The summed E-state index contributed by atoms with van der Waals surface area (Å²) in [5.41, 5.74) is 4.02. The van der Waals surface area contributed by atoms with Gasteiger partial charge in [-0.25, -0.2) is 14.3 Å². The third-order valence-corrected chi connectivity index (χ3v) is 7.04. The number of nitrogens with one attached hydrogen (secondary N) is 1. The SMILES string of the molecule is COc1cc(C(=O)N2CCCCc3nc(C)ccc32)ccc1C(=O)Nc1cccc2c1nc(C)n2C(=O)OC(C)(C)C. The lowest BCUT2D eigenvalue weighted by Crippen LogP contribution is -2.32. The minimum Gasteiger partial charge on any atom is -0.496 e. The van der Waals surface area contributed by atoms with Crippen LogP contribution in [0.5, 0.6) is 5.75 Å². The molecule has 218 valence electrons. The van der Waals surface area contributed by atoms with Gasteiger partial charge in [-0.1, -0.05) is 6.07 Å². The maximum atomic E-state index is 13.7. The minimum absolute atomic E-state index is 0.179. The number of carbonyl (C=O) groups excluding carboxylic acids is 3. The number of hydrogen-bond acceptors (Lipinski definition) is 7. The standard InChI is InChI=1S/C32H35N5O5/c1-19-13-16-25-23(33-19)10-7-8-17-36(25)30(39)21-14-15-22(27(18-21)41-6)29(38)35-24-11-9-12-26-28(24)34-20(2)37(26)31(40)42-32(3,4)5/h9,11-16,18H,7-8,10,17H2,1-6H3,(H,35,38). The van der Waals surface area contributed by atoms with Crippen molar-refractivity contribution in [2.75, 3.05) is 23.9 Å². The van der Waals surface area contributed by atoms with Crippen LogP contribution in [0.1, 0.15) is 71.5 Å². The number of anilines is 2. The van der Waals surface area contributed by atoms with Crippen molar-refractivity contribution in [1.29, 1.82) is 0 Å². The van der Waals surface area contributed by atoms with E-state index in [9.17, 15) is 14.4 Å². The fourth-order valence-corrected chi connectivity index (χ4v) is 5.14. The van der Waals surface area contributed by atoms with Crippen molar-refractivity contribution < 1.29 is 23.9 Å². The molecular formula is C32H35N5O5. The highest BCUT2D eigenvalue weighted by molar-refractivity contribution is 6.12. The maximum Gasteiger partial charge on any atom is 0.420 e. The average molecular weight is 570 g/mol. The topological polar surface area (TPSA) is 116 Å². The second-order valence-corrected chi connectivity index (χ2v) is 11.3. The van der Waals surface area contributed by atoms with Crippen molar-refractivity contribution in [3.8, 4) is 5.75 Å². The van der Waals surface area contributed by atoms with Crippen molar-refractivity contribution in [2.45, 2.75) is 59.5 Å². The number of aryl methyl sites for hydroxylation is 3. The molecule has 3 heterocycles. The highest BCUT2D eigenvalue weighted by atomic mass is 16.6. The molecule has 2 aromatic heterocycles. The number of carbonyl (C=O) groups is 3. The molecule has 0 aliphatic carbocycles. The van der Waals surface area contributed by atoms with Gasteiger partial charge in [-0.05, 0) is 96.3 Å². The van der Waals surface area contributed by atoms with E-state index in [1.807, 2.05) is 19.1 Å². The first-order valence-corrected chi connectivity index (χ1v) is 14.0. The van der Waals surface area contributed by atoms with Gasteiger partial charge in [0.1, 0.15) is 22.7 Å².